The maximum Gasteiger partial charge on any atom is 0.230 e. The van der Waals surface area contributed by atoms with Gasteiger partial charge in [-0.2, -0.15) is 0 Å². The molecular weight excluding hydrogens is 387 g/mol. The maximum absolute atomic E-state index is 13.2. The van der Waals surface area contributed by atoms with Gasteiger partial charge in [-0.3, -0.25) is 9.78 Å². The van der Waals surface area contributed by atoms with Crippen molar-refractivity contribution in [2.24, 2.45) is 0 Å². The summed E-state index contributed by atoms with van der Waals surface area (Å²) in [5.41, 5.74) is 2.87. The van der Waals surface area contributed by atoms with Gasteiger partial charge in [0.15, 0.2) is 0 Å². The average molecular weight is 411 g/mol. The predicted octanol–water partition coefficient (Wildman–Crippen LogP) is 4.56. The molecule has 1 heterocycles. The molecule has 0 saturated carbocycles. The largest absolute Gasteiger partial charge is 0.497 e. The van der Waals surface area contributed by atoms with Gasteiger partial charge in [-0.05, 0) is 53.9 Å². The van der Waals surface area contributed by atoms with Gasteiger partial charge in [-0.15, -0.1) is 11.8 Å². The van der Waals surface area contributed by atoms with Crippen LogP contribution in [0.2, 0.25) is 0 Å². The third-order valence-corrected chi connectivity index (χ3v) is 5.38. The number of carbonyl (C=O) groups is 1. The molecule has 0 fully saturated rings. The highest BCUT2D eigenvalue weighted by atomic mass is 32.2. The number of rotatable bonds is 9. The Balaban J connectivity index is 1.64. The third-order valence-electron chi connectivity index (χ3n) is 4.42. The molecule has 6 heteroatoms. The molecule has 150 valence electrons. The molecule has 3 rings (SSSR count). The first-order valence-electron chi connectivity index (χ1n) is 9.29. The number of carbonyl (C=O) groups excluding carboxylic acids is 1. The van der Waals surface area contributed by atoms with E-state index in [2.05, 4.69) is 10.3 Å². The lowest BCUT2D eigenvalue weighted by atomic mass is 9.98. The van der Waals surface area contributed by atoms with Crippen molar-refractivity contribution in [1.82, 2.24) is 10.3 Å². The van der Waals surface area contributed by atoms with Crippen molar-refractivity contribution in [1.29, 1.82) is 0 Å². The van der Waals surface area contributed by atoms with Crippen molar-refractivity contribution >= 4 is 17.7 Å². The number of aromatic nitrogens is 1. The fourth-order valence-corrected chi connectivity index (χ4v) is 3.66. The molecule has 1 amide bonds. The van der Waals surface area contributed by atoms with Crippen molar-refractivity contribution in [3.05, 3.63) is 95.6 Å². The van der Waals surface area contributed by atoms with E-state index in [0.717, 1.165) is 22.6 Å². The molecule has 1 atom stereocenters. The number of amides is 1. The average Bonchev–Trinajstić information content (AvgIpc) is 2.75. The Morgan fingerprint density at radius 3 is 2.52 bits per heavy atom. The number of hydrogen-bond donors (Lipinski definition) is 1. The van der Waals surface area contributed by atoms with Crippen LogP contribution in [-0.2, 0) is 17.0 Å². The standard InChI is InChI=1S/C23H23FN2O2S/c1-28-21-11-7-18(8-12-21)22(14-17-5-9-19(24)10-6-17)26-23(27)16-29-15-20-4-2-3-13-25-20/h2-13,22H,14-16H2,1H3,(H,26,27). The molecule has 0 radical (unpaired) electrons. The minimum Gasteiger partial charge on any atom is -0.497 e. The Hall–Kier alpha value is -2.86. The Morgan fingerprint density at radius 2 is 1.86 bits per heavy atom. The van der Waals surface area contributed by atoms with Gasteiger partial charge in [0.1, 0.15) is 11.6 Å². The number of nitrogens with one attached hydrogen (secondary N) is 1. The first kappa shape index (κ1) is 20.9. The van der Waals surface area contributed by atoms with Crippen molar-refractivity contribution in [2.45, 2.75) is 18.2 Å². The minimum atomic E-state index is -0.273. The molecule has 0 saturated heterocycles. The van der Waals surface area contributed by atoms with Crippen LogP contribution in [0, 0.1) is 5.82 Å². The highest BCUT2D eigenvalue weighted by molar-refractivity contribution is 7.99. The molecular formula is C23H23FN2O2S. The molecule has 0 aliphatic carbocycles. The van der Waals surface area contributed by atoms with Gasteiger partial charge in [0.05, 0.1) is 24.6 Å². The van der Waals surface area contributed by atoms with Crippen LogP contribution in [0.4, 0.5) is 4.39 Å². The molecule has 1 unspecified atom stereocenters. The summed E-state index contributed by atoms with van der Waals surface area (Å²) in [7, 11) is 1.62. The van der Waals surface area contributed by atoms with Gasteiger partial charge < -0.3 is 10.1 Å². The van der Waals surface area contributed by atoms with E-state index in [0.29, 0.717) is 17.9 Å². The number of halogens is 1. The van der Waals surface area contributed by atoms with Crippen LogP contribution >= 0.6 is 11.8 Å². The van der Waals surface area contributed by atoms with E-state index in [1.54, 1.807) is 25.4 Å². The number of pyridine rings is 1. The van der Waals surface area contributed by atoms with Crippen LogP contribution in [0.5, 0.6) is 5.75 Å². The summed E-state index contributed by atoms with van der Waals surface area (Å²) in [6.07, 6.45) is 2.32. The Morgan fingerprint density at radius 1 is 1.10 bits per heavy atom. The number of nitrogens with zero attached hydrogens (tertiary/aromatic N) is 1. The second-order valence-electron chi connectivity index (χ2n) is 6.54. The van der Waals surface area contributed by atoms with Crippen LogP contribution in [0.3, 0.4) is 0 Å². The van der Waals surface area contributed by atoms with Crippen LogP contribution in [-0.4, -0.2) is 23.8 Å². The summed E-state index contributed by atoms with van der Waals surface area (Å²) in [5.74, 6) is 1.46. The summed E-state index contributed by atoms with van der Waals surface area (Å²) in [6.45, 7) is 0. The summed E-state index contributed by atoms with van der Waals surface area (Å²) in [4.78, 5) is 16.8. The molecule has 2 aromatic carbocycles. The fraction of sp³-hybridized carbons (Fsp3) is 0.217. The maximum atomic E-state index is 13.2. The highest BCUT2D eigenvalue weighted by Crippen LogP contribution is 2.22. The van der Waals surface area contributed by atoms with Crippen molar-refractivity contribution in [3.8, 4) is 5.75 Å². The smallest absolute Gasteiger partial charge is 0.230 e. The molecule has 4 nitrogen and oxygen atoms in total. The van der Waals surface area contributed by atoms with Crippen molar-refractivity contribution in [3.63, 3.8) is 0 Å². The first-order chi connectivity index (χ1) is 14.1. The molecule has 1 aromatic heterocycles. The van der Waals surface area contributed by atoms with E-state index in [4.69, 9.17) is 4.74 Å². The van der Waals surface area contributed by atoms with Crippen LogP contribution in [0.25, 0.3) is 0 Å². The number of thioether (sulfide) groups is 1. The van der Waals surface area contributed by atoms with Crippen LogP contribution in [0.15, 0.2) is 72.9 Å². The van der Waals surface area contributed by atoms with E-state index >= 15 is 0 Å². The topological polar surface area (TPSA) is 51.2 Å². The zero-order valence-electron chi connectivity index (χ0n) is 16.2. The van der Waals surface area contributed by atoms with Crippen molar-refractivity contribution in [2.75, 3.05) is 12.9 Å². The van der Waals surface area contributed by atoms with Gasteiger partial charge in [0, 0.05) is 11.9 Å². The first-order valence-corrected chi connectivity index (χ1v) is 10.4. The highest BCUT2D eigenvalue weighted by Gasteiger charge is 2.16. The van der Waals surface area contributed by atoms with E-state index < -0.39 is 0 Å². The van der Waals surface area contributed by atoms with Gasteiger partial charge >= 0.3 is 0 Å². The van der Waals surface area contributed by atoms with Gasteiger partial charge in [-0.25, -0.2) is 4.39 Å². The van der Waals surface area contributed by atoms with E-state index in [1.807, 2.05) is 42.5 Å². The van der Waals surface area contributed by atoms with Crippen LogP contribution in [0.1, 0.15) is 22.9 Å². The number of ether oxygens (including phenoxy) is 1. The molecule has 0 aliphatic rings. The number of hydrogen-bond acceptors (Lipinski definition) is 4. The zero-order chi connectivity index (χ0) is 20.5. The Labute approximate surface area is 174 Å². The number of methoxy groups -OCH3 is 1. The zero-order valence-corrected chi connectivity index (χ0v) is 17.0. The number of benzene rings is 2. The van der Waals surface area contributed by atoms with Gasteiger partial charge in [0.25, 0.3) is 0 Å². The lowest BCUT2D eigenvalue weighted by molar-refractivity contribution is -0.119. The SMILES string of the molecule is COc1ccc(C(Cc2ccc(F)cc2)NC(=O)CSCc2ccccn2)cc1. The van der Waals surface area contributed by atoms with E-state index in [-0.39, 0.29) is 17.8 Å². The monoisotopic (exact) mass is 410 g/mol. The molecule has 1 N–H and O–H groups in total. The second-order valence-corrected chi connectivity index (χ2v) is 7.52. The molecule has 0 aliphatic heterocycles. The summed E-state index contributed by atoms with van der Waals surface area (Å²) >= 11 is 1.52. The van der Waals surface area contributed by atoms with E-state index in [1.165, 1.54) is 23.9 Å². The molecule has 29 heavy (non-hydrogen) atoms. The van der Waals surface area contributed by atoms with Gasteiger partial charge in [-0.1, -0.05) is 30.3 Å². The van der Waals surface area contributed by atoms with Crippen LogP contribution < -0.4 is 10.1 Å². The van der Waals surface area contributed by atoms with Gasteiger partial charge in [0.2, 0.25) is 5.91 Å². The lowest BCUT2D eigenvalue weighted by Crippen LogP contribution is -2.31. The molecule has 0 spiro atoms. The predicted molar refractivity (Wildman–Crippen MR) is 114 cm³/mol. The lowest BCUT2D eigenvalue weighted by Gasteiger charge is -2.20. The van der Waals surface area contributed by atoms with E-state index in [9.17, 15) is 9.18 Å². The summed E-state index contributed by atoms with van der Waals surface area (Å²) in [5, 5.41) is 3.11. The van der Waals surface area contributed by atoms with Crippen molar-refractivity contribution < 1.29 is 13.9 Å². The molecule has 3 aromatic rings. The minimum absolute atomic E-state index is 0.0474. The quantitative estimate of drug-likeness (QED) is 0.562. The fourth-order valence-electron chi connectivity index (χ4n) is 2.91. The summed E-state index contributed by atoms with van der Waals surface area (Å²) < 4.78 is 18.4. The normalized spacial score (nSPS) is 11.7. The third kappa shape index (κ3) is 6.61. The Bertz CT molecular complexity index is 902. The second kappa shape index (κ2) is 10.6. The summed E-state index contributed by atoms with van der Waals surface area (Å²) in [6, 6.07) is 19.5. The Kier molecular flexibility index (Phi) is 7.64. The molecule has 0 bridgehead atoms.